The Balaban J connectivity index is 0.000000182. The van der Waals surface area contributed by atoms with E-state index in [-0.39, 0.29) is 110 Å². The normalized spacial score (nSPS) is 10.1. The average molecular weight is 2580 g/mol. The minimum absolute atomic E-state index is 0. The van der Waals surface area contributed by atoms with E-state index in [1.165, 1.54) is 40.5 Å². The van der Waals surface area contributed by atoms with Crippen molar-refractivity contribution < 1.29 is 98.0 Å². The molecule has 0 saturated carbocycles. The first-order chi connectivity index (χ1) is 67.2. The first kappa shape index (κ1) is 112. The summed E-state index contributed by atoms with van der Waals surface area (Å²) in [5, 5.41) is 0. The Kier molecular flexibility index (Phi) is 46.0. The van der Waals surface area contributed by atoms with E-state index >= 15 is 0 Å². The molecule has 8 heterocycles. The van der Waals surface area contributed by atoms with E-state index in [1.54, 1.807) is 31.2 Å². The number of halogens is 4. The van der Waals surface area contributed by atoms with Crippen LogP contribution in [0, 0.1) is 112 Å². The molecule has 8 aromatic heterocycles. The summed E-state index contributed by atoms with van der Waals surface area (Å²) in [6.45, 7) is 20.0. The number of nitrogens with zero attached hydrogens (tertiary/aromatic N) is 8. The molecule has 0 aliphatic heterocycles. The molecule has 0 amide bonds. The van der Waals surface area contributed by atoms with E-state index < -0.39 is 0 Å². The zero-order valence-corrected chi connectivity index (χ0v) is 89.8. The monoisotopic (exact) mass is 2580 g/mol. The molecule has 0 saturated heterocycles. The third-order valence-corrected chi connectivity index (χ3v) is 21.8. The van der Waals surface area contributed by atoms with Crippen LogP contribution in [-0.2, 0) is 93.3 Å². The molecule has 16 heteroatoms. The van der Waals surface area contributed by atoms with Crippen LogP contribution >= 0.6 is 0 Å². The van der Waals surface area contributed by atoms with Crippen molar-refractivity contribution in [3.05, 3.63) is 530 Å². The Labute approximate surface area is 888 Å². The van der Waals surface area contributed by atoms with Crippen LogP contribution < -0.4 is 0 Å². The summed E-state index contributed by atoms with van der Waals surface area (Å²) >= 11 is 0. The molecular weight excluding hydrogens is 2470 g/mol. The molecule has 0 fully saturated rings. The van der Waals surface area contributed by atoms with Gasteiger partial charge in [-0.05, 0) is 242 Å². The Hall–Kier alpha value is -13.8. The van der Waals surface area contributed by atoms with E-state index in [1.807, 2.05) is 395 Å². The molecule has 142 heavy (non-hydrogen) atoms. The molecule has 720 valence electrons. The standard InChI is InChI=1S/C21H19FN.C20H17FN.C19H15FN.C18H13FN.4C12H10N.4Ir/c1-15(2)12-19-13-17(8-10-20(19)22)18-9-11-21(23-14-18)16-6-4-3-5-7-16;1-14(2)18-12-16(8-10-19(18)21)17-9-11-20(22-13-17)15-6-4-3-5-7-15;1-2-14-12-16(8-10-18(14)20)17-9-11-19(21-13-17)15-6-4-3-5-7-15;1-13-11-15(7-9-17(13)19)16-8-10-18(20-12-16)14-5-3-2-4-6-14;4*1-10-7-8-12(13-9-10)11-5-3-2-4-6-11;;;;/h3-6,8-11,13-15H,12H2,1-2H3;3-6,8-14H,1-2H3;3-6,8-13H,2H2,1H3;2-5,7-12H,1H3;4*2-5,7-9H,1H3;;;;/q8*-1;;;;. The first-order valence-corrected chi connectivity index (χ1v) is 45.7. The molecule has 0 unspecified atom stereocenters. The van der Waals surface area contributed by atoms with Crippen LogP contribution in [0.4, 0.5) is 17.6 Å². The molecule has 0 aliphatic rings. The number of hydrogen-bond acceptors (Lipinski definition) is 8. The van der Waals surface area contributed by atoms with Gasteiger partial charge in [0.2, 0.25) is 0 Å². The average Bonchev–Trinajstić information content (AvgIpc) is 0.817. The number of aryl methyl sites for hydroxylation is 6. The smallest absolute Gasteiger partial charge is 0.126 e. The fourth-order valence-corrected chi connectivity index (χ4v) is 14.2. The molecule has 4 radical (unpaired) electrons. The van der Waals surface area contributed by atoms with Crippen LogP contribution in [0.25, 0.3) is 135 Å². The molecule has 0 aliphatic carbocycles. The third kappa shape index (κ3) is 34.3. The van der Waals surface area contributed by atoms with Gasteiger partial charge >= 0.3 is 0 Å². The molecule has 0 N–H and O–H groups in total. The van der Waals surface area contributed by atoms with Crippen molar-refractivity contribution in [1.29, 1.82) is 0 Å². The van der Waals surface area contributed by atoms with Gasteiger partial charge in [0.1, 0.15) is 23.3 Å². The molecule has 0 spiro atoms. The number of aromatic nitrogens is 8. The summed E-state index contributed by atoms with van der Waals surface area (Å²) in [6, 6.07) is 141. The summed E-state index contributed by atoms with van der Waals surface area (Å²) in [4.78, 5) is 35.2. The van der Waals surface area contributed by atoms with Gasteiger partial charge in [0.15, 0.2) is 0 Å². The van der Waals surface area contributed by atoms with Crippen molar-refractivity contribution in [3.8, 4) is 135 Å². The van der Waals surface area contributed by atoms with Crippen LogP contribution in [-0.4, -0.2) is 39.9 Å². The Morgan fingerprint density at radius 2 is 0.444 bits per heavy atom. The Morgan fingerprint density at radius 3 is 0.655 bits per heavy atom. The molecule has 12 aromatic carbocycles. The summed E-state index contributed by atoms with van der Waals surface area (Å²) in [5.41, 5.74) is 31.0. The van der Waals surface area contributed by atoms with Gasteiger partial charge in [0, 0.05) is 130 Å². The molecule has 20 rings (SSSR count). The molecule has 0 bridgehead atoms. The fourth-order valence-electron chi connectivity index (χ4n) is 14.2. The van der Waals surface area contributed by atoms with Gasteiger partial charge in [-0.25, -0.2) is 17.6 Å². The zero-order valence-electron chi connectivity index (χ0n) is 80.3. The second kappa shape index (κ2) is 58.4. The predicted molar refractivity (Wildman–Crippen MR) is 555 cm³/mol. The molecule has 8 nitrogen and oxygen atoms in total. The number of rotatable bonds is 16. The quantitative estimate of drug-likeness (QED) is 0.0696. The van der Waals surface area contributed by atoms with Crippen molar-refractivity contribution in [2.45, 2.75) is 88.0 Å². The summed E-state index contributed by atoms with van der Waals surface area (Å²) in [7, 11) is 0. The maximum Gasteiger partial charge on any atom is 0.126 e. The minimum atomic E-state index is -0.183. The number of benzene rings is 12. The van der Waals surface area contributed by atoms with E-state index in [2.05, 4.69) is 127 Å². The Morgan fingerprint density at radius 1 is 0.225 bits per heavy atom. The minimum Gasteiger partial charge on any atom is -0.304 e. The van der Waals surface area contributed by atoms with E-state index in [0.29, 0.717) is 17.9 Å². The zero-order chi connectivity index (χ0) is 96.8. The maximum absolute atomic E-state index is 13.9. The molecule has 20 aromatic rings. The van der Waals surface area contributed by atoms with E-state index in [9.17, 15) is 17.6 Å². The largest absolute Gasteiger partial charge is 0.304 e. The number of hydrogen-bond donors (Lipinski definition) is 0. The molecule has 0 atom stereocenters. The second-order valence-corrected chi connectivity index (χ2v) is 33.2. The molecular formula is C126H104F4Ir4N8-8. The fraction of sp³-hybridized carbons (Fsp3) is 0.111. The van der Waals surface area contributed by atoms with Crippen LogP contribution in [0.15, 0.2) is 414 Å². The van der Waals surface area contributed by atoms with Gasteiger partial charge in [-0.1, -0.05) is 156 Å². The van der Waals surface area contributed by atoms with Crippen molar-refractivity contribution in [2.75, 3.05) is 0 Å². The van der Waals surface area contributed by atoms with Crippen molar-refractivity contribution in [3.63, 3.8) is 0 Å². The van der Waals surface area contributed by atoms with Gasteiger partial charge in [0.05, 0.1) is 0 Å². The maximum atomic E-state index is 13.9. The Bertz CT molecular complexity index is 6740. The van der Waals surface area contributed by atoms with E-state index in [0.717, 1.165) is 158 Å². The van der Waals surface area contributed by atoms with Crippen molar-refractivity contribution in [2.24, 2.45) is 5.92 Å². The van der Waals surface area contributed by atoms with Gasteiger partial charge in [-0.3, -0.25) is 0 Å². The van der Waals surface area contributed by atoms with Gasteiger partial charge in [0.25, 0.3) is 0 Å². The van der Waals surface area contributed by atoms with Gasteiger partial charge in [-0.2, -0.15) is 0 Å². The topological polar surface area (TPSA) is 103 Å². The summed E-state index contributed by atoms with van der Waals surface area (Å²) in [5.74, 6) is -0.0324. The van der Waals surface area contributed by atoms with Gasteiger partial charge in [-0.15, -0.1) is 287 Å². The summed E-state index contributed by atoms with van der Waals surface area (Å²) < 4.78 is 54.5. The van der Waals surface area contributed by atoms with Crippen LogP contribution in [0.3, 0.4) is 0 Å². The van der Waals surface area contributed by atoms with Crippen LogP contribution in [0.1, 0.15) is 85.0 Å². The van der Waals surface area contributed by atoms with Crippen molar-refractivity contribution in [1.82, 2.24) is 39.9 Å². The second-order valence-electron chi connectivity index (χ2n) is 33.2. The van der Waals surface area contributed by atoms with Crippen molar-refractivity contribution >= 4 is 0 Å². The number of pyridine rings is 8. The first-order valence-electron chi connectivity index (χ1n) is 45.7. The summed E-state index contributed by atoms with van der Waals surface area (Å²) in [6.07, 6.45) is 16.2. The third-order valence-electron chi connectivity index (χ3n) is 21.8. The van der Waals surface area contributed by atoms with Gasteiger partial charge < -0.3 is 39.9 Å². The predicted octanol–water partition coefficient (Wildman–Crippen LogP) is 32.0. The van der Waals surface area contributed by atoms with Crippen LogP contribution in [0.5, 0.6) is 0 Å². The van der Waals surface area contributed by atoms with Crippen LogP contribution in [0.2, 0.25) is 0 Å². The van der Waals surface area contributed by atoms with E-state index in [4.69, 9.17) is 0 Å². The SMILES string of the molecule is CC(C)Cc1cc(-c2ccc(-c3[c-]cccc3)nc2)ccc1F.CC(C)c1cc(-c2ccc(-c3[c-]cccc3)nc2)ccc1F.CCc1cc(-c2ccc(-c3[c-]cccc3)nc2)ccc1F.Cc1cc(-c2ccc(-c3[c-]cccc3)nc2)ccc1F.Cc1ccc(-c2[c-]cccc2)nc1.Cc1ccc(-c2[c-]cccc2)nc1.Cc1ccc(-c2[c-]cccc2)nc1.Cc1ccc(-c2[c-]cccc2)nc1.[Ir].[Ir].[Ir].[Ir].